The molecule has 7 nitrogen and oxygen atoms in total. The molecule has 34 heavy (non-hydrogen) atoms. The van der Waals surface area contributed by atoms with Gasteiger partial charge >= 0.3 is 0 Å². The zero-order valence-electron chi connectivity index (χ0n) is 18.9. The highest BCUT2D eigenvalue weighted by Crippen LogP contribution is 2.18. The Bertz CT molecular complexity index is 1180. The molecule has 2 N–H and O–H groups in total. The van der Waals surface area contributed by atoms with Crippen molar-refractivity contribution in [2.75, 3.05) is 32.8 Å². The van der Waals surface area contributed by atoms with Crippen LogP contribution in [0.1, 0.15) is 27.5 Å². The smallest absolute Gasteiger partial charge is 0.251 e. The number of sulfonamides is 1. The highest BCUT2D eigenvalue weighted by molar-refractivity contribution is 7.89. The number of ether oxygens (including phenoxy) is 1. The van der Waals surface area contributed by atoms with Crippen LogP contribution in [0.3, 0.4) is 0 Å². The molecule has 1 aliphatic heterocycles. The summed E-state index contributed by atoms with van der Waals surface area (Å²) >= 11 is 0. The van der Waals surface area contributed by atoms with E-state index in [1.165, 1.54) is 12.1 Å². The summed E-state index contributed by atoms with van der Waals surface area (Å²) in [5.74, 6) is -0.317. The van der Waals surface area contributed by atoms with Gasteiger partial charge in [0.05, 0.1) is 24.2 Å². The molecule has 0 aliphatic carbocycles. The minimum Gasteiger partial charge on any atom is -0.379 e. The Morgan fingerprint density at radius 2 is 1.59 bits per heavy atom. The van der Waals surface area contributed by atoms with E-state index in [9.17, 15) is 13.2 Å². The van der Waals surface area contributed by atoms with Crippen molar-refractivity contribution in [2.24, 2.45) is 0 Å². The summed E-state index contributed by atoms with van der Waals surface area (Å²) in [6, 6.07) is 25.0. The normalized spacial score (nSPS) is 15.5. The molecule has 0 saturated carbocycles. The first-order chi connectivity index (χ1) is 16.5. The van der Waals surface area contributed by atoms with Crippen molar-refractivity contribution >= 4 is 15.9 Å². The molecule has 3 aromatic carbocycles. The van der Waals surface area contributed by atoms with Crippen molar-refractivity contribution < 1.29 is 17.9 Å². The van der Waals surface area contributed by atoms with E-state index >= 15 is 0 Å². The van der Waals surface area contributed by atoms with Crippen molar-refractivity contribution in [3.8, 4) is 0 Å². The predicted octanol–water partition coefficient (Wildman–Crippen LogP) is 2.97. The largest absolute Gasteiger partial charge is 0.379 e. The van der Waals surface area contributed by atoms with E-state index in [-0.39, 0.29) is 23.4 Å². The second kappa shape index (κ2) is 11.4. The number of carbonyl (C=O) groups is 1. The highest BCUT2D eigenvalue weighted by Gasteiger charge is 2.22. The van der Waals surface area contributed by atoms with Crippen molar-refractivity contribution in [3.05, 3.63) is 102 Å². The van der Waals surface area contributed by atoms with Gasteiger partial charge < -0.3 is 10.1 Å². The lowest BCUT2D eigenvalue weighted by molar-refractivity contribution is 0.0332. The fourth-order valence-corrected chi connectivity index (χ4v) is 4.93. The van der Waals surface area contributed by atoms with Gasteiger partial charge in [-0.1, -0.05) is 66.7 Å². The van der Waals surface area contributed by atoms with Gasteiger partial charge in [0.1, 0.15) is 0 Å². The summed E-state index contributed by atoms with van der Waals surface area (Å²) in [6.45, 7) is 3.78. The topological polar surface area (TPSA) is 87.7 Å². The first-order valence-electron chi connectivity index (χ1n) is 11.3. The molecule has 0 bridgehead atoms. The fourth-order valence-electron chi connectivity index (χ4n) is 3.87. The Labute approximate surface area is 200 Å². The Hall–Kier alpha value is -3.04. The van der Waals surface area contributed by atoms with Gasteiger partial charge in [-0.15, -0.1) is 0 Å². The van der Waals surface area contributed by atoms with Gasteiger partial charge in [0.2, 0.25) is 10.0 Å². The molecule has 0 spiro atoms. The van der Waals surface area contributed by atoms with Crippen molar-refractivity contribution in [1.29, 1.82) is 0 Å². The van der Waals surface area contributed by atoms with E-state index in [4.69, 9.17) is 4.74 Å². The summed E-state index contributed by atoms with van der Waals surface area (Å²) in [6.07, 6.45) is 0. The van der Waals surface area contributed by atoms with Crippen LogP contribution in [-0.4, -0.2) is 52.1 Å². The summed E-state index contributed by atoms with van der Waals surface area (Å²) in [4.78, 5) is 15.5. The Morgan fingerprint density at radius 3 is 2.29 bits per heavy atom. The van der Waals surface area contributed by atoms with Gasteiger partial charge in [-0.2, -0.15) is 0 Å². The van der Waals surface area contributed by atoms with Crippen LogP contribution in [0.15, 0.2) is 89.8 Å². The molecule has 1 aliphatic rings. The molecule has 8 heteroatoms. The molecule has 3 aromatic rings. The molecule has 4 rings (SSSR count). The number of hydrogen-bond acceptors (Lipinski definition) is 5. The van der Waals surface area contributed by atoms with Gasteiger partial charge in [-0.3, -0.25) is 9.69 Å². The van der Waals surface area contributed by atoms with Gasteiger partial charge in [0.15, 0.2) is 0 Å². The van der Waals surface area contributed by atoms with Crippen LogP contribution in [0.2, 0.25) is 0 Å². The first kappa shape index (κ1) is 24.1. The standard InChI is InChI=1S/C26H29N3O4S/c30-26(28-25(22-10-5-2-6-11-22)20-29-14-16-33-17-15-29)23-12-7-13-24(18-23)34(31,32)27-19-21-8-3-1-4-9-21/h1-13,18,25,27H,14-17,19-20H2,(H,28,30)/t25-/m1/s1. The molecular weight excluding hydrogens is 450 g/mol. The molecule has 1 saturated heterocycles. The number of nitrogens with one attached hydrogen (secondary N) is 2. The van der Waals surface area contributed by atoms with Crippen LogP contribution in [0.25, 0.3) is 0 Å². The number of rotatable bonds is 9. The van der Waals surface area contributed by atoms with Gasteiger partial charge in [-0.05, 0) is 29.3 Å². The summed E-state index contributed by atoms with van der Waals surface area (Å²) in [7, 11) is -3.77. The lowest BCUT2D eigenvalue weighted by Gasteiger charge is -2.31. The molecule has 1 amide bonds. The number of benzene rings is 3. The molecule has 1 fully saturated rings. The summed E-state index contributed by atoms with van der Waals surface area (Å²) in [5.41, 5.74) is 2.15. The molecule has 178 valence electrons. The van der Waals surface area contributed by atoms with E-state index in [0.29, 0.717) is 25.3 Å². The van der Waals surface area contributed by atoms with Crippen LogP contribution in [0.4, 0.5) is 0 Å². The quantitative estimate of drug-likeness (QED) is 0.493. The van der Waals surface area contributed by atoms with Gasteiger partial charge in [0, 0.05) is 31.7 Å². The zero-order chi connectivity index (χ0) is 23.8. The Kier molecular flexibility index (Phi) is 8.08. The molecule has 0 aromatic heterocycles. The molecule has 0 radical (unpaired) electrons. The van der Waals surface area contributed by atoms with E-state index in [1.807, 2.05) is 60.7 Å². The van der Waals surface area contributed by atoms with Crippen molar-refractivity contribution in [2.45, 2.75) is 17.5 Å². The minimum atomic E-state index is -3.77. The van der Waals surface area contributed by atoms with E-state index in [1.54, 1.807) is 12.1 Å². The van der Waals surface area contributed by atoms with Gasteiger partial charge in [0.25, 0.3) is 5.91 Å². The van der Waals surface area contributed by atoms with E-state index in [0.717, 1.165) is 24.2 Å². The number of morpholine rings is 1. The molecule has 0 unspecified atom stereocenters. The second-order valence-corrected chi connectivity index (χ2v) is 9.95. The third-order valence-electron chi connectivity index (χ3n) is 5.77. The maximum Gasteiger partial charge on any atom is 0.251 e. The third kappa shape index (κ3) is 6.51. The van der Waals surface area contributed by atoms with E-state index < -0.39 is 10.0 Å². The number of carbonyl (C=O) groups excluding carboxylic acids is 1. The monoisotopic (exact) mass is 479 g/mol. The van der Waals surface area contributed by atoms with Crippen molar-refractivity contribution in [1.82, 2.24) is 14.9 Å². The molecule has 1 heterocycles. The minimum absolute atomic E-state index is 0.0560. The SMILES string of the molecule is O=C(N[C@H](CN1CCOCC1)c1ccccc1)c1cccc(S(=O)(=O)NCc2ccccc2)c1. The van der Waals surface area contributed by atoms with Crippen LogP contribution < -0.4 is 10.0 Å². The zero-order valence-corrected chi connectivity index (χ0v) is 19.7. The Balaban J connectivity index is 1.48. The highest BCUT2D eigenvalue weighted by atomic mass is 32.2. The van der Waals surface area contributed by atoms with Crippen LogP contribution in [0, 0.1) is 0 Å². The van der Waals surface area contributed by atoms with Crippen LogP contribution in [-0.2, 0) is 21.3 Å². The van der Waals surface area contributed by atoms with E-state index in [2.05, 4.69) is 14.9 Å². The maximum atomic E-state index is 13.2. The van der Waals surface area contributed by atoms with Crippen LogP contribution >= 0.6 is 0 Å². The van der Waals surface area contributed by atoms with Gasteiger partial charge in [-0.25, -0.2) is 13.1 Å². The number of amides is 1. The van der Waals surface area contributed by atoms with Crippen LogP contribution in [0.5, 0.6) is 0 Å². The molecular formula is C26H29N3O4S. The summed E-state index contributed by atoms with van der Waals surface area (Å²) < 4.78 is 33.7. The van der Waals surface area contributed by atoms with Crippen molar-refractivity contribution in [3.63, 3.8) is 0 Å². The lowest BCUT2D eigenvalue weighted by Crippen LogP contribution is -2.43. The predicted molar refractivity (Wildman–Crippen MR) is 131 cm³/mol. The molecule has 1 atom stereocenters. The first-order valence-corrected chi connectivity index (χ1v) is 12.8. The summed E-state index contributed by atoms with van der Waals surface area (Å²) in [5, 5.41) is 3.10. The second-order valence-electron chi connectivity index (χ2n) is 8.19. The fraction of sp³-hybridized carbons (Fsp3) is 0.269. The third-order valence-corrected chi connectivity index (χ3v) is 7.17. The number of nitrogens with zero attached hydrogens (tertiary/aromatic N) is 1. The number of hydrogen-bond donors (Lipinski definition) is 2. The average molecular weight is 480 g/mol. The Morgan fingerprint density at radius 1 is 0.912 bits per heavy atom. The lowest BCUT2D eigenvalue weighted by atomic mass is 10.1. The maximum absolute atomic E-state index is 13.2. The average Bonchev–Trinajstić information content (AvgIpc) is 2.89.